The summed E-state index contributed by atoms with van der Waals surface area (Å²) in [5.74, 6) is -0.550. The Balaban J connectivity index is 0.00000121. The van der Waals surface area contributed by atoms with Crippen LogP contribution in [0.5, 0.6) is 0 Å². The number of carboxylic acids is 1. The van der Waals surface area contributed by atoms with Gasteiger partial charge < -0.3 is 21.2 Å². The van der Waals surface area contributed by atoms with E-state index >= 15 is 0 Å². The Bertz CT molecular complexity index is 561. The third-order valence-corrected chi connectivity index (χ3v) is 5.51. The maximum absolute atomic E-state index is 11.7. The van der Waals surface area contributed by atoms with Crippen molar-refractivity contribution in [3.8, 4) is 0 Å². The number of aromatic nitrogens is 1. The number of aliphatic carboxylic acids is 1. The Labute approximate surface area is 138 Å². The number of halogens is 1. The largest absolute Gasteiger partial charge is 0.481 e. The Kier molecular flexibility index (Phi) is 5.80. The van der Waals surface area contributed by atoms with Crippen LogP contribution in [0.2, 0.25) is 0 Å². The van der Waals surface area contributed by atoms with Gasteiger partial charge in [0.2, 0.25) is 5.91 Å². The molecule has 9 heteroatoms. The number of hydrogen-bond acceptors (Lipinski definition) is 4. The molecule has 0 radical (unpaired) electrons. The van der Waals surface area contributed by atoms with Crippen LogP contribution in [0.4, 0.5) is 0 Å². The smallest absolute Gasteiger partial charge is 0.318 e. The van der Waals surface area contributed by atoms with Gasteiger partial charge in [0.15, 0.2) is 24.4 Å². The van der Waals surface area contributed by atoms with Crippen LogP contribution in [0, 0.1) is 5.41 Å². The molecule has 5 N–H and O–H groups in total. The summed E-state index contributed by atoms with van der Waals surface area (Å²) in [6.45, 7) is 0.580. The SMILES string of the molecule is Cl.N[C@@H]1C(=O)N2CC(C[n+]3ccccc3)(C(=O)O)CS[C@H]12.O. The summed E-state index contributed by atoms with van der Waals surface area (Å²) in [6.07, 6.45) is 3.68. The zero-order chi connectivity index (χ0) is 14.3. The number of thioether (sulfide) groups is 1. The summed E-state index contributed by atoms with van der Waals surface area (Å²) in [7, 11) is 0. The van der Waals surface area contributed by atoms with Crippen molar-refractivity contribution in [3.63, 3.8) is 0 Å². The molecule has 2 aliphatic rings. The van der Waals surface area contributed by atoms with Gasteiger partial charge in [-0.05, 0) is 0 Å². The molecule has 1 amide bonds. The molecule has 1 aromatic heterocycles. The first kappa shape index (κ1) is 18.7. The lowest BCUT2D eigenvalue weighted by Gasteiger charge is -2.51. The normalized spacial score (nSPS) is 29.5. The van der Waals surface area contributed by atoms with E-state index in [0.717, 1.165) is 0 Å². The van der Waals surface area contributed by atoms with Gasteiger partial charge >= 0.3 is 5.97 Å². The monoisotopic (exact) mass is 348 g/mol. The van der Waals surface area contributed by atoms with Gasteiger partial charge in [-0.3, -0.25) is 9.59 Å². The van der Waals surface area contributed by atoms with Crippen molar-refractivity contribution in [1.82, 2.24) is 4.90 Å². The number of β-lactam (4-membered cyclic amide) rings is 1. The van der Waals surface area contributed by atoms with Gasteiger partial charge in [-0.2, -0.15) is 0 Å². The van der Waals surface area contributed by atoms with Crippen molar-refractivity contribution >= 4 is 36.0 Å². The molecule has 3 rings (SSSR count). The van der Waals surface area contributed by atoms with Crippen molar-refractivity contribution in [3.05, 3.63) is 30.6 Å². The molecule has 3 atom stereocenters. The van der Waals surface area contributed by atoms with E-state index in [1.807, 2.05) is 35.2 Å². The molecule has 0 bridgehead atoms. The fourth-order valence-corrected chi connectivity index (χ4v) is 4.19. The van der Waals surface area contributed by atoms with E-state index in [-0.39, 0.29) is 35.7 Å². The first-order chi connectivity index (χ1) is 9.53. The topological polar surface area (TPSA) is 119 Å². The van der Waals surface area contributed by atoms with E-state index in [9.17, 15) is 14.7 Å². The fourth-order valence-electron chi connectivity index (χ4n) is 2.71. The molecule has 0 aromatic carbocycles. The summed E-state index contributed by atoms with van der Waals surface area (Å²) < 4.78 is 1.85. The standard InChI is InChI=1S/C13H15N3O3S.ClH.H2O/c14-9-10(17)16-7-13(12(18)19,8-20-11(9)16)6-15-4-2-1-3-5-15;;/h1-5,9,11H,6-8,14H2;1H;1H2/p+1/t9-,11-,13?;;/m1../s1. The second kappa shape index (κ2) is 6.82. The van der Waals surface area contributed by atoms with Crippen LogP contribution in [0.1, 0.15) is 0 Å². The van der Waals surface area contributed by atoms with Crippen molar-refractivity contribution < 1.29 is 24.7 Å². The van der Waals surface area contributed by atoms with Gasteiger partial charge in [0.25, 0.3) is 0 Å². The number of nitrogens with zero attached hydrogens (tertiary/aromatic N) is 2. The van der Waals surface area contributed by atoms with E-state index in [1.165, 1.54) is 11.8 Å². The molecular formula is C13H19ClN3O4S+. The highest BCUT2D eigenvalue weighted by Crippen LogP contribution is 2.41. The van der Waals surface area contributed by atoms with Crippen LogP contribution < -0.4 is 10.3 Å². The number of amides is 1. The minimum absolute atomic E-state index is 0. The Morgan fingerprint density at radius 1 is 1.45 bits per heavy atom. The fraction of sp³-hybridized carbons (Fsp3) is 0.462. The van der Waals surface area contributed by atoms with Gasteiger partial charge in [-0.1, -0.05) is 6.07 Å². The molecule has 2 aliphatic heterocycles. The van der Waals surface area contributed by atoms with Crippen molar-refractivity contribution in [1.29, 1.82) is 0 Å². The molecule has 22 heavy (non-hydrogen) atoms. The maximum Gasteiger partial charge on any atom is 0.318 e. The lowest BCUT2D eigenvalue weighted by Crippen LogP contribution is -2.73. The Morgan fingerprint density at radius 2 is 2.09 bits per heavy atom. The van der Waals surface area contributed by atoms with Gasteiger partial charge in [-0.15, -0.1) is 24.2 Å². The van der Waals surface area contributed by atoms with Crippen molar-refractivity contribution in [2.45, 2.75) is 18.0 Å². The molecule has 1 aromatic rings. The van der Waals surface area contributed by atoms with Crippen LogP contribution in [0.3, 0.4) is 0 Å². The lowest BCUT2D eigenvalue weighted by molar-refractivity contribution is -0.706. The van der Waals surface area contributed by atoms with E-state index < -0.39 is 17.4 Å². The average Bonchev–Trinajstić information content (AvgIpc) is 2.47. The minimum atomic E-state index is -0.955. The number of fused-ring (bicyclic) bond motifs is 1. The minimum Gasteiger partial charge on any atom is -0.481 e. The molecule has 1 unspecified atom stereocenters. The molecule has 0 aliphatic carbocycles. The number of hydrogen-bond donors (Lipinski definition) is 2. The Hall–Kier alpha value is -1.35. The van der Waals surface area contributed by atoms with E-state index in [4.69, 9.17) is 5.73 Å². The van der Waals surface area contributed by atoms with Gasteiger partial charge in [0, 0.05) is 24.4 Å². The second-order valence-corrected chi connectivity index (χ2v) is 6.43. The molecule has 2 saturated heterocycles. The summed E-state index contributed by atoms with van der Waals surface area (Å²) >= 11 is 1.47. The lowest BCUT2D eigenvalue weighted by atomic mass is 9.87. The zero-order valence-electron chi connectivity index (χ0n) is 11.7. The van der Waals surface area contributed by atoms with Gasteiger partial charge in [-0.25, -0.2) is 4.57 Å². The van der Waals surface area contributed by atoms with Crippen LogP contribution in [0.25, 0.3) is 0 Å². The maximum atomic E-state index is 11.7. The van der Waals surface area contributed by atoms with Crippen LogP contribution in [-0.2, 0) is 16.1 Å². The number of pyridine rings is 1. The van der Waals surface area contributed by atoms with Crippen LogP contribution in [0.15, 0.2) is 30.6 Å². The van der Waals surface area contributed by atoms with Gasteiger partial charge in [0.05, 0.1) is 0 Å². The number of nitrogens with two attached hydrogens (primary N) is 1. The summed E-state index contributed by atoms with van der Waals surface area (Å²) in [6, 6.07) is 5.13. The Morgan fingerprint density at radius 3 is 2.68 bits per heavy atom. The molecule has 2 fully saturated rings. The van der Waals surface area contributed by atoms with Crippen molar-refractivity contribution in [2.75, 3.05) is 12.3 Å². The predicted octanol–water partition coefficient (Wildman–Crippen LogP) is -1.12. The summed E-state index contributed by atoms with van der Waals surface area (Å²) in [5.41, 5.74) is 4.77. The molecule has 0 saturated carbocycles. The number of rotatable bonds is 3. The molecule has 122 valence electrons. The predicted molar refractivity (Wildman–Crippen MR) is 83.5 cm³/mol. The summed E-state index contributed by atoms with van der Waals surface area (Å²) in [4.78, 5) is 25.1. The highest BCUT2D eigenvalue weighted by molar-refractivity contribution is 8.00. The van der Waals surface area contributed by atoms with E-state index in [2.05, 4.69) is 0 Å². The first-order valence-corrected chi connectivity index (χ1v) is 7.43. The molecule has 7 nitrogen and oxygen atoms in total. The third kappa shape index (κ3) is 2.91. The number of carboxylic acid groups (broad SMARTS) is 1. The first-order valence-electron chi connectivity index (χ1n) is 6.39. The van der Waals surface area contributed by atoms with Crippen molar-refractivity contribution in [2.24, 2.45) is 11.1 Å². The number of carbonyl (C=O) groups is 2. The molecular weight excluding hydrogens is 330 g/mol. The third-order valence-electron chi connectivity index (χ3n) is 3.90. The average molecular weight is 349 g/mol. The van der Waals surface area contributed by atoms with E-state index in [0.29, 0.717) is 12.3 Å². The van der Waals surface area contributed by atoms with Crippen LogP contribution in [-0.4, -0.2) is 51.1 Å². The van der Waals surface area contributed by atoms with Crippen LogP contribution >= 0.6 is 24.2 Å². The molecule has 3 heterocycles. The second-order valence-electron chi connectivity index (χ2n) is 5.33. The zero-order valence-corrected chi connectivity index (χ0v) is 13.3. The summed E-state index contributed by atoms with van der Waals surface area (Å²) in [5, 5.41) is 9.57. The van der Waals surface area contributed by atoms with Gasteiger partial charge in [0.1, 0.15) is 11.4 Å². The quantitative estimate of drug-likeness (QED) is 0.530. The number of carbonyl (C=O) groups excluding carboxylic acids is 1. The highest BCUT2D eigenvalue weighted by atomic mass is 35.5. The highest BCUT2D eigenvalue weighted by Gasteiger charge is 2.57. The molecule has 0 spiro atoms. The van der Waals surface area contributed by atoms with E-state index in [1.54, 1.807) is 4.90 Å².